The smallest absolute Gasteiger partial charge is 0.504 e. The second-order valence-corrected chi connectivity index (χ2v) is 7.42. The van der Waals surface area contributed by atoms with Gasteiger partial charge in [0.1, 0.15) is 5.75 Å². The average Bonchev–Trinajstić information content (AvgIpc) is 3.45. The van der Waals surface area contributed by atoms with Gasteiger partial charge in [-0.05, 0) is 66.1 Å². The Balaban J connectivity index is 1.59. The average molecular weight is 393 g/mol. The van der Waals surface area contributed by atoms with Crippen LogP contribution in [-0.2, 0) is 13.0 Å². The molecule has 150 valence electrons. The van der Waals surface area contributed by atoms with Gasteiger partial charge in [0.2, 0.25) is 0 Å². The minimum Gasteiger partial charge on any atom is -0.504 e. The van der Waals surface area contributed by atoms with E-state index in [0.29, 0.717) is 18.2 Å². The van der Waals surface area contributed by atoms with Gasteiger partial charge in [0, 0.05) is 19.1 Å². The van der Waals surface area contributed by atoms with Gasteiger partial charge >= 0.3 is 6.36 Å². The number of phenolic OH excluding ortho intramolecular Hbond substituents is 1. The number of hydrogen-bond acceptors (Lipinski definition) is 4. The monoisotopic (exact) mass is 393 g/mol. The lowest BCUT2D eigenvalue weighted by molar-refractivity contribution is -0.274. The first kappa shape index (κ1) is 18.9. The number of nitrogens with zero attached hydrogens (tertiary/aromatic N) is 1. The van der Waals surface area contributed by atoms with Gasteiger partial charge in [0.25, 0.3) is 0 Å². The van der Waals surface area contributed by atoms with Crippen LogP contribution in [0.1, 0.15) is 35.6 Å². The van der Waals surface area contributed by atoms with Crippen LogP contribution in [0.5, 0.6) is 17.2 Å². The number of rotatable bonds is 5. The second-order valence-electron chi connectivity index (χ2n) is 7.42. The van der Waals surface area contributed by atoms with Crippen LogP contribution in [0.3, 0.4) is 0 Å². The number of methoxy groups -OCH3 is 1. The van der Waals surface area contributed by atoms with Crippen LogP contribution >= 0.6 is 0 Å². The number of hydrogen-bond donors (Lipinski definition) is 1. The summed E-state index contributed by atoms with van der Waals surface area (Å²) in [6.45, 7) is 1.33. The highest BCUT2D eigenvalue weighted by Crippen LogP contribution is 2.49. The van der Waals surface area contributed by atoms with E-state index in [1.165, 1.54) is 19.2 Å². The summed E-state index contributed by atoms with van der Waals surface area (Å²) in [7, 11) is 1.53. The van der Waals surface area contributed by atoms with E-state index in [1.807, 2.05) is 12.1 Å². The Hall–Kier alpha value is -2.41. The van der Waals surface area contributed by atoms with Crippen LogP contribution in [0.25, 0.3) is 0 Å². The molecule has 2 aliphatic rings. The number of alkyl halides is 3. The van der Waals surface area contributed by atoms with Crippen molar-refractivity contribution in [3.05, 3.63) is 53.1 Å². The normalized spacial score (nSPS) is 19.9. The quantitative estimate of drug-likeness (QED) is 0.792. The maximum absolute atomic E-state index is 12.5. The molecule has 0 saturated heterocycles. The highest BCUT2D eigenvalue weighted by molar-refractivity contribution is 5.49. The predicted molar refractivity (Wildman–Crippen MR) is 97.4 cm³/mol. The van der Waals surface area contributed by atoms with Crippen molar-refractivity contribution in [1.29, 1.82) is 0 Å². The Kier molecular flexibility index (Phi) is 4.87. The van der Waals surface area contributed by atoms with E-state index in [1.54, 1.807) is 12.1 Å². The van der Waals surface area contributed by atoms with Crippen LogP contribution in [0.2, 0.25) is 0 Å². The van der Waals surface area contributed by atoms with Gasteiger partial charge < -0.3 is 14.6 Å². The summed E-state index contributed by atoms with van der Waals surface area (Å²) < 4.78 is 46.8. The van der Waals surface area contributed by atoms with Crippen LogP contribution in [0, 0.1) is 5.92 Å². The van der Waals surface area contributed by atoms with Crippen molar-refractivity contribution in [2.75, 3.05) is 13.7 Å². The third-order valence-corrected chi connectivity index (χ3v) is 5.41. The number of phenols is 1. The van der Waals surface area contributed by atoms with Gasteiger partial charge in [-0.2, -0.15) is 0 Å². The van der Waals surface area contributed by atoms with Crippen molar-refractivity contribution in [3.63, 3.8) is 0 Å². The zero-order chi connectivity index (χ0) is 19.9. The molecule has 0 aromatic heterocycles. The van der Waals surface area contributed by atoms with Crippen molar-refractivity contribution < 1.29 is 27.8 Å². The van der Waals surface area contributed by atoms with Crippen molar-refractivity contribution >= 4 is 0 Å². The van der Waals surface area contributed by atoms with Crippen LogP contribution in [0.15, 0.2) is 36.4 Å². The molecular weight excluding hydrogens is 371 g/mol. The van der Waals surface area contributed by atoms with E-state index in [9.17, 15) is 18.3 Å². The molecule has 1 atom stereocenters. The summed E-state index contributed by atoms with van der Waals surface area (Å²) in [5.74, 6) is 0.891. The molecule has 1 N–H and O–H groups in total. The first-order chi connectivity index (χ1) is 13.3. The molecule has 1 aliphatic heterocycles. The molecule has 1 aliphatic carbocycles. The fraction of sp³-hybridized carbons (Fsp3) is 0.429. The summed E-state index contributed by atoms with van der Waals surface area (Å²) in [5.41, 5.74) is 3.03. The maximum Gasteiger partial charge on any atom is 0.573 e. The largest absolute Gasteiger partial charge is 0.573 e. The summed E-state index contributed by atoms with van der Waals surface area (Å²) in [6.07, 6.45) is -1.67. The first-order valence-corrected chi connectivity index (χ1v) is 9.32. The highest BCUT2D eigenvalue weighted by Gasteiger charge is 2.40. The standard InChI is InChI=1S/C21H22F3NO3/c1-27-19-10-15-7-8-25(20(14-5-6-14)17(15)11-18(19)26)12-13-3-2-4-16(9-13)28-21(22,23)24/h2-4,9-11,14,20,26H,5-8,12H2,1H3. The summed E-state index contributed by atoms with van der Waals surface area (Å²) in [4.78, 5) is 2.29. The number of halogens is 3. The minimum absolute atomic E-state index is 0.120. The first-order valence-electron chi connectivity index (χ1n) is 9.32. The lowest BCUT2D eigenvalue weighted by atomic mass is 9.89. The molecule has 0 spiro atoms. The maximum atomic E-state index is 12.5. The Labute approximate surface area is 161 Å². The summed E-state index contributed by atoms with van der Waals surface area (Å²) in [5, 5.41) is 10.2. The highest BCUT2D eigenvalue weighted by atomic mass is 19.4. The van der Waals surface area contributed by atoms with E-state index in [-0.39, 0.29) is 17.5 Å². The molecule has 1 heterocycles. The third-order valence-electron chi connectivity index (χ3n) is 5.41. The molecule has 1 unspecified atom stereocenters. The van der Waals surface area contributed by atoms with Crippen LogP contribution < -0.4 is 9.47 Å². The van der Waals surface area contributed by atoms with Gasteiger partial charge in [-0.15, -0.1) is 13.2 Å². The number of ether oxygens (including phenoxy) is 2. The van der Waals surface area contributed by atoms with E-state index in [4.69, 9.17) is 4.74 Å². The van der Waals surface area contributed by atoms with E-state index in [2.05, 4.69) is 9.64 Å². The van der Waals surface area contributed by atoms with Crippen LogP contribution in [0.4, 0.5) is 13.2 Å². The lowest BCUT2D eigenvalue weighted by Gasteiger charge is -2.38. The zero-order valence-corrected chi connectivity index (χ0v) is 15.5. The molecule has 7 heteroatoms. The van der Waals surface area contributed by atoms with Crippen molar-refractivity contribution in [2.45, 2.75) is 38.2 Å². The molecule has 28 heavy (non-hydrogen) atoms. The Morgan fingerprint density at radius 1 is 1.18 bits per heavy atom. The summed E-state index contributed by atoms with van der Waals surface area (Å²) in [6, 6.07) is 9.98. The van der Waals surface area contributed by atoms with Gasteiger partial charge in [-0.25, -0.2) is 0 Å². The molecule has 4 rings (SSSR count). The molecule has 1 fully saturated rings. The Morgan fingerprint density at radius 3 is 2.64 bits per heavy atom. The molecule has 0 amide bonds. The minimum atomic E-state index is -4.70. The van der Waals surface area contributed by atoms with E-state index < -0.39 is 6.36 Å². The lowest BCUT2D eigenvalue weighted by Crippen LogP contribution is -2.36. The van der Waals surface area contributed by atoms with Gasteiger partial charge in [-0.3, -0.25) is 4.90 Å². The van der Waals surface area contributed by atoms with Gasteiger partial charge in [0.15, 0.2) is 11.5 Å². The van der Waals surface area contributed by atoms with Crippen molar-refractivity contribution in [3.8, 4) is 17.2 Å². The molecule has 0 radical (unpaired) electrons. The Bertz CT molecular complexity index is 864. The van der Waals surface area contributed by atoms with Gasteiger partial charge in [0.05, 0.1) is 7.11 Å². The molecule has 2 aromatic carbocycles. The molecule has 2 aromatic rings. The fourth-order valence-electron chi connectivity index (χ4n) is 4.10. The number of benzene rings is 2. The molecule has 4 nitrogen and oxygen atoms in total. The number of fused-ring (bicyclic) bond motifs is 1. The van der Waals surface area contributed by atoms with Crippen LogP contribution in [-0.4, -0.2) is 30.0 Å². The molecule has 0 bridgehead atoms. The van der Waals surface area contributed by atoms with E-state index in [0.717, 1.165) is 42.5 Å². The van der Waals surface area contributed by atoms with E-state index >= 15 is 0 Å². The fourth-order valence-corrected chi connectivity index (χ4v) is 4.10. The van der Waals surface area contributed by atoms with Crippen molar-refractivity contribution in [2.24, 2.45) is 5.92 Å². The SMILES string of the molecule is COc1cc2c(cc1O)C(C1CC1)N(Cc1cccc(OC(F)(F)F)c1)CC2. The van der Waals surface area contributed by atoms with Gasteiger partial charge in [-0.1, -0.05) is 12.1 Å². The molecule has 1 saturated carbocycles. The van der Waals surface area contributed by atoms with Crippen molar-refractivity contribution in [1.82, 2.24) is 4.90 Å². The number of aromatic hydroxyl groups is 1. The topological polar surface area (TPSA) is 41.9 Å². The predicted octanol–water partition coefficient (Wildman–Crippen LogP) is 4.81. The third kappa shape index (κ3) is 4.04. The molecular formula is C21H22F3NO3. The Morgan fingerprint density at radius 2 is 1.96 bits per heavy atom. The summed E-state index contributed by atoms with van der Waals surface area (Å²) >= 11 is 0. The zero-order valence-electron chi connectivity index (χ0n) is 15.5. The second kappa shape index (κ2) is 7.20.